The first-order valence-electron chi connectivity index (χ1n) is 8.93. The van der Waals surface area contributed by atoms with E-state index in [2.05, 4.69) is 5.32 Å². The number of hydrogen-bond donors (Lipinski definition) is 1. The highest BCUT2D eigenvalue weighted by molar-refractivity contribution is 7.90. The molecule has 8 heteroatoms. The Kier molecular flexibility index (Phi) is 6.64. The van der Waals surface area contributed by atoms with E-state index in [-0.39, 0.29) is 16.6 Å². The molecule has 0 aliphatic heterocycles. The number of rotatable bonds is 7. The Morgan fingerprint density at radius 3 is 2.17 bits per heavy atom. The predicted molar refractivity (Wildman–Crippen MR) is 116 cm³/mol. The fraction of sp³-hybridized carbons (Fsp3) is 0.136. The number of sulfone groups is 1. The topological polar surface area (TPSA) is 81.7 Å². The summed E-state index contributed by atoms with van der Waals surface area (Å²) in [5.74, 6) is 0.290. The number of ether oxygens (including phenoxy) is 2. The van der Waals surface area contributed by atoms with Gasteiger partial charge in [-0.25, -0.2) is 8.42 Å². The second-order valence-electron chi connectivity index (χ2n) is 6.41. The van der Waals surface area contributed by atoms with Crippen LogP contribution in [0.2, 0.25) is 5.02 Å². The van der Waals surface area contributed by atoms with Crippen molar-refractivity contribution in [2.75, 3.05) is 19.5 Å². The molecule has 156 valence electrons. The van der Waals surface area contributed by atoms with Crippen molar-refractivity contribution < 1.29 is 22.7 Å². The molecule has 0 saturated carbocycles. The van der Waals surface area contributed by atoms with Crippen LogP contribution in [-0.4, -0.2) is 28.5 Å². The number of nitrogens with one attached hydrogen (secondary N) is 1. The summed E-state index contributed by atoms with van der Waals surface area (Å²) in [4.78, 5) is 12.9. The van der Waals surface area contributed by atoms with Crippen LogP contribution in [0.15, 0.2) is 71.6 Å². The molecule has 30 heavy (non-hydrogen) atoms. The molecule has 0 atom stereocenters. The summed E-state index contributed by atoms with van der Waals surface area (Å²) in [6.07, 6.45) is 0. The monoisotopic (exact) mass is 445 g/mol. The molecule has 3 rings (SSSR count). The molecular formula is C22H20ClNO5S. The number of benzene rings is 3. The lowest BCUT2D eigenvalue weighted by molar-refractivity contribution is 0.102. The largest absolute Gasteiger partial charge is 0.495 e. The van der Waals surface area contributed by atoms with Crippen LogP contribution in [0.25, 0.3) is 0 Å². The lowest BCUT2D eigenvalue weighted by Gasteiger charge is -2.13. The maximum atomic E-state index is 12.6. The van der Waals surface area contributed by atoms with Crippen molar-refractivity contribution in [2.45, 2.75) is 10.6 Å². The lowest BCUT2D eigenvalue weighted by Crippen LogP contribution is -2.13. The van der Waals surface area contributed by atoms with Gasteiger partial charge in [-0.15, -0.1) is 0 Å². The van der Waals surface area contributed by atoms with Crippen LogP contribution in [0.1, 0.15) is 15.9 Å². The van der Waals surface area contributed by atoms with Gasteiger partial charge in [0.15, 0.2) is 9.84 Å². The molecular weight excluding hydrogens is 426 g/mol. The summed E-state index contributed by atoms with van der Waals surface area (Å²) >= 11 is 6.13. The smallest absolute Gasteiger partial charge is 0.255 e. The van der Waals surface area contributed by atoms with Crippen molar-refractivity contribution in [2.24, 2.45) is 0 Å². The maximum absolute atomic E-state index is 12.6. The number of hydrogen-bond acceptors (Lipinski definition) is 5. The SMILES string of the molecule is COc1cc(OC)c(NC(=O)c2ccc(CS(=O)(=O)c3ccccc3)cc2)cc1Cl. The number of halogens is 1. The third-order valence-corrected chi connectivity index (χ3v) is 6.40. The Balaban J connectivity index is 1.75. The molecule has 6 nitrogen and oxygen atoms in total. The first-order valence-corrected chi connectivity index (χ1v) is 11.0. The third-order valence-electron chi connectivity index (χ3n) is 4.40. The van der Waals surface area contributed by atoms with Gasteiger partial charge in [0.25, 0.3) is 5.91 Å². The van der Waals surface area contributed by atoms with Crippen LogP contribution in [-0.2, 0) is 15.6 Å². The molecule has 0 bridgehead atoms. The van der Waals surface area contributed by atoms with Crippen LogP contribution in [0.4, 0.5) is 5.69 Å². The van der Waals surface area contributed by atoms with Crippen molar-refractivity contribution in [3.05, 3.63) is 82.9 Å². The standard InChI is InChI=1S/C22H20ClNO5S/c1-28-20-13-21(29-2)19(12-18(20)23)24-22(25)16-10-8-15(9-11-16)14-30(26,27)17-6-4-3-5-7-17/h3-13H,14H2,1-2H3,(H,24,25). The van der Waals surface area contributed by atoms with Gasteiger partial charge in [-0.2, -0.15) is 0 Å². The van der Waals surface area contributed by atoms with Gasteiger partial charge < -0.3 is 14.8 Å². The quantitative estimate of drug-likeness (QED) is 0.575. The highest BCUT2D eigenvalue weighted by Gasteiger charge is 2.16. The van der Waals surface area contributed by atoms with Gasteiger partial charge in [-0.05, 0) is 35.9 Å². The zero-order valence-electron chi connectivity index (χ0n) is 16.4. The minimum absolute atomic E-state index is 0.152. The maximum Gasteiger partial charge on any atom is 0.255 e. The zero-order valence-corrected chi connectivity index (χ0v) is 18.0. The number of carbonyl (C=O) groups is 1. The highest BCUT2D eigenvalue weighted by Crippen LogP contribution is 2.36. The van der Waals surface area contributed by atoms with Crippen LogP contribution in [0, 0.1) is 0 Å². The van der Waals surface area contributed by atoms with E-state index in [0.717, 1.165) is 0 Å². The molecule has 0 unspecified atom stereocenters. The Hall–Kier alpha value is -3.03. The molecule has 0 spiro atoms. The van der Waals surface area contributed by atoms with Crippen molar-refractivity contribution in [1.29, 1.82) is 0 Å². The Morgan fingerprint density at radius 2 is 1.57 bits per heavy atom. The van der Waals surface area contributed by atoms with Crippen molar-refractivity contribution in [3.8, 4) is 11.5 Å². The normalized spacial score (nSPS) is 11.0. The second-order valence-corrected chi connectivity index (χ2v) is 8.81. The van der Waals surface area contributed by atoms with Crippen molar-refractivity contribution in [1.82, 2.24) is 0 Å². The first-order chi connectivity index (χ1) is 14.3. The molecule has 3 aromatic carbocycles. The summed E-state index contributed by atoms with van der Waals surface area (Å²) in [6, 6.07) is 17.7. The average Bonchev–Trinajstić information content (AvgIpc) is 2.75. The zero-order chi connectivity index (χ0) is 21.7. The average molecular weight is 446 g/mol. The Bertz CT molecular complexity index is 1150. The number of carbonyl (C=O) groups excluding carboxylic acids is 1. The predicted octanol–water partition coefficient (Wildman–Crippen LogP) is 4.58. The summed E-state index contributed by atoms with van der Waals surface area (Å²) in [5, 5.41) is 3.07. The summed E-state index contributed by atoms with van der Waals surface area (Å²) in [5.41, 5.74) is 1.34. The van der Waals surface area contributed by atoms with E-state index in [9.17, 15) is 13.2 Å². The minimum atomic E-state index is -3.46. The molecule has 0 radical (unpaired) electrons. The number of methoxy groups -OCH3 is 2. The summed E-state index contributed by atoms with van der Waals surface area (Å²) < 4.78 is 35.4. The molecule has 3 aromatic rings. The van der Waals surface area contributed by atoms with Gasteiger partial charge in [0.05, 0.1) is 35.6 Å². The molecule has 0 fully saturated rings. The molecule has 0 heterocycles. The van der Waals surface area contributed by atoms with Crippen LogP contribution in [0.3, 0.4) is 0 Å². The van der Waals surface area contributed by atoms with E-state index in [1.54, 1.807) is 60.7 Å². The van der Waals surface area contributed by atoms with Gasteiger partial charge in [-0.1, -0.05) is 41.9 Å². The Labute approximate surface area is 180 Å². The molecule has 0 aliphatic carbocycles. The van der Waals surface area contributed by atoms with Crippen LogP contribution < -0.4 is 14.8 Å². The summed E-state index contributed by atoms with van der Waals surface area (Å²) in [7, 11) is -0.502. The van der Waals surface area contributed by atoms with Crippen molar-refractivity contribution >= 4 is 33.0 Å². The number of amides is 1. The lowest BCUT2D eigenvalue weighted by atomic mass is 10.1. The Morgan fingerprint density at radius 1 is 0.933 bits per heavy atom. The fourth-order valence-corrected chi connectivity index (χ4v) is 4.45. The van der Waals surface area contributed by atoms with Gasteiger partial charge in [0.1, 0.15) is 11.5 Å². The van der Waals surface area contributed by atoms with Gasteiger partial charge in [0.2, 0.25) is 0 Å². The third kappa shape index (κ3) is 4.93. The van der Waals surface area contributed by atoms with E-state index >= 15 is 0 Å². The van der Waals surface area contributed by atoms with Crippen molar-refractivity contribution in [3.63, 3.8) is 0 Å². The molecule has 0 saturated heterocycles. The van der Waals surface area contributed by atoms with E-state index in [1.807, 2.05) is 0 Å². The first kappa shape index (κ1) is 21.7. The number of anilines is 1. The van der Waals surface area contributed by atoms with E-state index in [1.165, 1.54) is 20.3 Å². The minimum Gasteiger partial charge on any atom is -0.495 e. The van der Waals surface area contributed by atoms with Gasteiger partial charge >= 0.3 is 0 Å². The molecule has 0 aliphatic rings. The molecule has 1 N–H and O–H groups in total. The van der Waals surface area contributed by atoms with Gasteiger partial charge in [-0.3, -0.25) is 4.79 Å². The van der Waals surface area contributed by atoms with Crippen LogP contribution in [0.5, 0.6) is 11.5 Å². The van der Waals surface area contributed by atoms with Crippen LogP contribution >= 0.6 is 11.6 Å². The second kappa shape index (κ2) is 9.19. The highest BCUT2D eigenvalue weighted by atomic mass is 35.5. The molecule has 1 amide bonds. The van der Waals surface area contributed by atoms with E-state index in [0.29, 0.717) is 33.3 Å². The fourth-order valence-electron chi connectivity index (χ4n) is 2.84. The van der Waals surface area contributed by atoms with E-state index in [4.69, 9.17) is 21.1 Å². The molecule has 0 aromatic heterocycles. The summed E-state index contributed by atoms with van der Waals surface area (Å²) in [6.45, 7) is 0. The van der Waals surface area contributed by atoms with E-state index < -0.39 is 9.84 Å². The van der Waals surface area contributed by atoms with Gasteiger partial charge in [0, 0.05) is 11.6 Å².